The van der Waals surface area contributed by atoms with Gasteiger partial charge >= 0.3 is 0 Å². The predicted octanol–water partition coefficient (Wildman–Crippen LogP) is 6.06. The van der Waals surface area contributed by atoms with Crippen LogP contribution in [0, 0.1) is 5.92 Å². The Kier molecular flexibility index (Phi) is 10.4. The van der Waals surface area contributed by atoms with Crippen molar-refractivity contribution < 1.29 is 4.79 Å². The molecule has 3 N–H and O–H groups in total. The van der Waals surface area contributed by atoms with Crippen molar-refractivity contribution in [3.63, 3.8) is 0 Å². The molecule has 1 aliphatic carbocycles. The van der Waals surface area contributed by atoms with Gasteiger partial charge in [-0.25, -0.2) is 0 Å². The largest absolute Gasteiger partial charge is 0.358 e. The van der Waals surface area contributed by atoms with E-state index in [4.69, 9.17) is 11.6 Å². The van der Waals surface area contributed by atoms with Gasteiger partial charge in [0.2, 0.25) is 11.9 Å². The number of nitrogens with one attached hydrogen (secondary N) is 3. The maximum atomic E-state index is 13.3. The van der Waals surface area contributed by atoms with Crippen LogP contribution in [-0.4, -0.2) is 33.5 Å². The summed E-state index contributed by atoms with van der Waals surface area (Å²) in [6, 6.07) is 12.9. The second-order valence-corrected chi connectivity index (χ2v) is 8.99. The number of carbonyl (C=O) groups excluding carboxylic acids is 1. The lowest BCUT2D eigenvalue weighted by Gasteiger charge is -2.27. The summed E-state index contributed by atoms with van der Waals surface area (Å²) in [5.74, 6) is 2.37. The molecule has 1 fully saturated rings. The number of nitrogens with zero attached hydrogens (tertiary/aromatic N) is 3. The van der Waals surface area contributed by atoms with E-state index >= 15 is 0 Å². The number of hydrogen-bond acceptors (Lipinski definition) is 5. The third-order valence-corrected chi connectivity index (χ3v) is 6.37. The summed E-state index contributed by atoms with van der Waals surface area (Å²) < 4.78 is 1.92. The summed E-state index contributed by atoms with van der Waals surface area (Å²) >= 11 is 5.98. The molecule has 0 bridgehead atoms. The molecule has 1 atom stereocenters. The average molecular weight is 497 g/mol. The molecular weight excluding hydrogens is 460 g/mol. The van der Waals surface area contributed by atoms with Crippen LogP contribution in [0.25, 0.3) is 5.82 Å². The van der Waals surface area contributed by atoms with Gasteiger partial charge in [-0.05, 0) is 42.2 Å². The van der Waals surface area contributed by atoms with E-state index in [1.54, 1.807) is 7.05 Å². The molecule has 1 aliphatic rings. The van der Waals surface area contributed by atoms with Gasteiger partial charge in [-0.1, -0.05) is 69.7 Å². The van der Waals surface area contributed by atoms with Crippen LogP contribution in [0.3, 0.4) is 0 Å². The maximum Gasteiger partial charge on any atom is 0.242 e. The first kappa shape index (κ1) is 26.5. The number of hydrogen-bond donors (Lipinski definition) is 3. The molecule has 0 spiro atoms. The van der Waals surface area contributed by atoms with Crippen LogP contribution in [0.15, 0.2) is 54.9 Å². The van der Waals surface area contributed by atoms with Gasteiger partial charge in [-0.3, -0.25) is 4.79 Å². The zero-order chi connectivity index (χ0) is 25.0. The van der Waals surface area contributed by atoms with Crippen LogP contribution in [0.1, 0.15) is 57.9 Å². The summed E-state index contributed by atoms with van der Waals surface area (Å²) in [5, 5.41) is 10.2. The Labute approximate surface area is 213 Å². The van der Waals surface area contributed by atoms with E-state index in [2.05, 4.69) is 25.9 Å². The molecule has 35 heavy (non-hydrogen) atoms. The molecule has 1 saturated carbocycles. The minimum atomic E-state index is -0.377. The van der Waals surface area contributed by atoms with Gasteiger partial charge < -0.3 is 20.5 Å². The van der Waals surface area contributed by atoms with Gasteiger partial charge in [0.25, 0.3) is 0 Å². The number of rotatable bonds is 9. The summed E-state index contributed by atoms with van der Waals surface area (Å²) in [6.07, 6.45) is 10.7. The molecule has 0 radical (unpaired) electrons. The SMILES string of the molecule is CC.CNc1nc(N[C@H](CC2CCCCC2)C(=O)NCc2ccc(Cl)cc2)cc(-n2cccc2)n1. The number of benzene rings is 1. The van der Waals surface area contributed by atoms with E-state index in [1.165, 1.54) is 32.1 Å². The van der Waals surface area contributed by atoms with Crippen molar-refractivity contribution in [3.05, 3.63) is 65.4 Å². The minimum Gasteiger partial charge on any atom is -0.358 e. The number of carbonyl (C=O) groups is 1. The molecule has 0 unspecified atom stereocenters. The fourth-order valence-corrected chi connectivity index (χ4v) is 4.45. The Morgan fingerprint density at radius 3 is 2.43 bits per heavy atom. The summed E-state index contributed by atoms with van der Waals surface area (Å²) in [5.41, 5.74) is 1.01. The van der Waals surface area contributed by atoms with Gasteiger partial charge in [-0.2, -0.15) is 9.97 Å². The Morgan fingerprint density at radius 2 is 1.77 bits per heavy atom. The smallest absolute Gasteiger partial charge is 0.242 e. The second kappa shape index (κ2) is 13.7. The molecule has 2 aromatic heterocycles. The number of halogens is 1. The fraction of sp³-hybridized carbons (Fsp3) is 0.444. The van der Waals surface area contributed by atoms with Gasteiger partial charge in [0.05, 0.1) is 0 Å². The molecular formula is C27H37ClN6O. The molecule has 1 amide bonds. The quantitative estimate of drug-likeness (QED) is 0.335. The van der Waals surface area contributed by atoms with Crippen LogP contribution >= 0.6 is 11.6 Å². The van der Waals surface area contributed by atoms with Crippen molar-refractivity contribution >= 4 is 29.3 Å². The normalized spacial score (nSPS) is 14.4. The van der Waals surface area contributed by atoms with Gasteiger partial charge in [-0.15, -0.1) is 0 Å². The maximum absolute atomic E-state index is 13.3. The monoisotopic (exact) mass is 496 g/mol. The average Bonchev–Trinajstić information content (AvgIpc) is 3.45. The van der Waals surface area contributed by atoms with Crippen LogP contribution in [0.2, 0.25) is 5.02 Å². The Bertz CT molecular complexity index is 1030. The minimum absolute atomic E-state index is 0.0253. The lowest BCUT2D eigenvalue weighted by Crippen LogP contribution is -2.41. The van der Waals surface area contributed by atoms with Crippen LogP contribution in [0.4, 0.5) is 11.8 Å². The first-order valence-corrected chi connectivity index (χ1v) is 13.0. The number of aromatic nitrogens is 3. The lowest BCUT2D eigenvalue weighted by atomic mass is 9.84. The van der Waals surface area contributed by atoms with Gasteiger partial charge in [0, 0.05) is 37.1 Å². The molecule has 2 heterocycles. The summed E-state index contributed by atoms with van der Waals surface area (Å²) in [4.78, 5) is 22.4. The molecule has 1 aromatic carbocycles. The summed E-state index contributed by atoms with van der Waals surface area (Å²) in [7, 11) is 1.79. The van der Waals surface area contributed by atoms with Crippen LogP contribution in [0.5, 0.6) is 0 Å². The molecule has 8 heteroatoms. The highest BCUT2D eigenvalue weighted by molar-refractivity contribution is 6.30. The highest BCUT2D eigenvalue weighted by Gasteiger charge is 2.25. The lowest BCUT2D eigenvalue weighted by molar-refractivity contribution is -0.122. The molecule has 4 rings (SSSR count). The van der Waals surface area contributed by atoms with E-state index in [0.717, 1.165) is 17.8 Å². The fourth-order valence-electron chi connectivity index (χ4n) is 4.32. The van der Waals surface area contributed by atoms with Crippen molar-refractivity contribution in [2.24, 2.45) is 5.92 Å². The molecule has 0 aliphatic heterocycles. The van der Waals surface area contributed by atoms with Crippen LogP contribution in [-0.2, 0) is 11.3 Å². The van der Waals surface area contributed by atoms with Crippen molar-refractivity contribution in [3.8, 4) is 5.82 Å². The van der Waals surface area contributed by atoms with Crippen LogP contribution < -0.4 is 16.0 Å². The van der Waals surface area contributed by atoms with E-state index in [1.807, 2.05) is 73.3 Å². The predicted molar refractivity (Wildman–Crippen MR) is 144 cm³/mol. The van der Waals surface area contributed by atoms with Crippen molar-refractivity contribution in [2.45, 2.75) is 65.0 Å². The van der Waals surface area contributed by atoms with E-state index < -0.39 is 0 Å². The first-order chi connectivity index (χ1) is 17.1. The first-order valence-electron chi connectivity index (χ1n) is 12.6. The van der Waals surface area contributed by atoms with Crippen molar-refractivity contribution in [1.29, 1.82) is 0 Å². The molecule has 188 valence electrons. The van der Waals surface area contributed by atoms with E-state index in [0.29, 0.717) is 29.3 Å². The Balaban J connectivity index is 0.00000167. The Hall–Kier alpha value is -3.06. The molecule has 7 nitrogen and oxygen atoms in total. The van der Waals surface area contributed by atoms with Gasteiger partial charge in [0.15, 0.2) is 0 Å². The zero-order valence-electron chi connectivity index (χ0n) is 20.9. The third-order valence-electron chi connectivity index (χ3n) is 6.12. The molecule has 0 saturated heterocycles. The van der Waals surface area contributed by atoms with Gasteiger partial charge in [0.1, 0.15) is 17.7 Å². The topological polar surface area (TPSA) is 83.9 Å². The standard InChI is InChI=1S/C25H31ClN6O.C2H6/c1-27-25-30-22(16-23(31-25)32-13-5-6-14-32)29-21(15-18-7-3-2-4-8-18)24(33)28-17-19-9-11-20(26)12-10-19;1-2/h5-6,9-14,16,18,21H,2-4,7-8,15,17H2,1H3,(H,28,33)(H2,27,29,30,31);1-2H3/t21-;/m1./s1. The Morgan fingerprint density at radius 1 is 1.09 bits per heavy atom. The number of amides is 1. The zero-order valence-corrected chi connectivity index (χ0v) is 21.7. The molecule has 3 aromatic rings. The van der Waals surface area contributed by atoms with Crippen molar-refractivity contribution in [2.75, 3.05) is 17.7 Å². The third kappa shape index (κ3) is 7.99. The summed E-state index contributed by atoms with van der Waals surface area (Å²) in [6.45, 7) is 4.46. The second-order valence-electron chi connectivity index (χ2n) is 8.56. The highest BCUT2D eigenvalue weighted by atomic mass is 35.5. The highest BCUT2D eigenvalue weighted by Crippen LogP contribution is 2.28. The number of anilines is 2. The van der Waals surface area contributed by atoms with E-state index in [-0.39, 0.29) is 11.9 Å². The van der Waals surface area contributed by atoms with Crippen molar-refractivity contribution in [1.82, 2.24) is 19.9 Å². The van der Waals surface area contributed by atoms with E-state index in [9.17, 15) is 4.79 Å².